The topological polar surface area (TPSA) is 114 Å². The van der Waals surface area contributed by atoms with E-state index in [1.54, 1.807) is 24.3 Å². The van der Waals surface area contributed by atoms with Gasteiger partial charge in [0.05, 0.1) is 17.7 Å². The van der Waals surface area contributed by atoms with Crippen LogP contribution in [0.4, 0.5) is 5.69 Å². The van der Waals surface area contributed by atoms with Gasteiger partial charge in [-0.05, 0) is 42.7 Å². The Balaban J connectivity index is 1.94. The molecule has 0 saturated carbocycles. The fraction of sp³-hybridized carbons (Fsp3) is 0.263. The molecule has 0 unspecified atom stereocenters. The summed E-state index contributed by atoms with van der Waals surface area (Å²) in [4.78, 5) is 22.2. The molecule has 27 heavy (non-hydrogen) atoms. The number of nitrogens with one attached hydrogen (secondary N) is 1. The molecule has 0 aliphatic heterocycles. The third-order valence-electron chi connectivity index (χ3n) is 3.67. The Labute approximate surface area is 156 Å². The SMILES string of the molecule is CC(C)CCOc1ccc(C(=O)NN=Cc2cc([N+](=O)[O-])ccc2O)cc1. The van der Waals surface area contributed by atoms with Gasteiger partial charge < -0.3 is 9.84 Å². The first kappa shape index (κ1) is 19.9. The van der Waals surface area contributed by atoms with E-state index in [9.17, 15) is 20.0 Å². The van der Waals surface area contributed by atoms with E-state index in [0.717, 1.165) is 18.7 Å². The van der Waals surface area contributed by atoms with Gasteiger partial charge in [0.2, 0.25) is 0 Å². The number of ether oxygens (including phenoxy) is 1. The number of nitro benzene ring substituents is 1. The number of hydrazone groups is 1. The van der Waals surface area contributed by atoms with Crippen LogP contribution in [0.2, 0.25) is 0 Å². The first-order valence-corrected chi connectivity index (χ1v) is 8.40. The number of nitro groups is 1. The van der Waals surface area contributed by atoms with E-state index in [1.807, 2.05) is 0 Å². The minimum Gasteiger partial charge on any atom is -0.507 e. The number of carbonyl (C=O) groups is 1. The van der Waals surface area contributed by atoms with Crippen LogP contribution in [0, 0.1) is 16.0 Å². The van der Waals surface area contributed by atoms with E-state index < -0.39 is 10.8 Å². The van der Waals surface area contributed by atoms with Gasteiger partial charge in [0, 0.05) is 23.3 Å². The molecular weight excluding hydrogens is 350 g/mol. The van der Waals surface area contributed by atoms with Crippen LogP contribution in [-0.2, 0) is 0 Å². The fourth-order valence-corrected chi connectivity index (χ4v) is 2.10. The van der Waals surface area contributed by atoms with Crippen LogP contribution >= 0.6 is 0 Å². The molecule has 2 N–H and O–H groups in total. The lowest BCUT2D eigenvalue weighted by Gasteiger charge is -2.08. The van der Waals surface area contributed by atoms with Crippen molar-refractivity contribution in [1.82, 2.24) is 5.43 Å². The number of phenols is 1. The van der Waals surface area contributed by atoms with Crippen molar-refractivity contribution in [2.75, 3.05) is 6.61 Å². The van der Waals surface area contributed by atoms with E-state index in [4.69, 9.17) is 4.74 Å². The van der Waals surface area contributed by atoms with Crippen LogP contribution in [0.5, 0.6) is 11.5 Å². The van der Waals surface area contributed by atoms with Crippen LogP contribution in [0.3, 0.4) is 0 Å². The number of benzene rings is 2. The first-order valence-electron chi connectivity index (χ1n) is 8.40. The summed E-state index contributed by atoms with van der Waals surface area (Å²) in [6, 6.07) is 10.2. The first-order chi connectivity index (χ1) is 12.9. The average molecular weight is 371 g/mol. The number of hydrogen-bond acceptors (Lipinski definition) is 6. The third kappa shape index (κ3) is 6.10. The van der Waals surface area contributed by atoms with E-state index >= 15 is 0 Å². The van der Waals surface area contributed by atoms with Gasteiger partial charge in [-0.1, -0.05) is 13.8 Å². The molecule has 2 aromatic rings. The molecule has 1 amide bonds. The molecule has 8 nitrogen and oxygen atoms in total. The molecule has 0 fully saturated rings. The van der Waals surface area contributed by atoms with Gasteiger partial charge >= 0.3 is 0 Å². The van der Waals surface area contributed by atoms with Gasteiger partial charge in [-0.2, -0.15) is 5.10 Å². The zero-order chi connectivity index (χ0) is 19.8. The highest BCUT2D eigenvalue weighted by Crippen LogP contribution is 2.21. The molecule has 8 heteroatoms. The monoisotopic (exact) mass is 371 g/mol. The average Bonchev–Trinajstić information content (AvgIpc) is 2.63. The molecule has 0 heterocycles. The largest absolute Gasteiger partial charge is 0.507 e. The second kappa shape index (κ2) is 9.33. The van der Waals surface area contributed by atoms with Gasteiger partial charge in [-0.15, -0.1) is 0 Å². The molecule has 0 aromatic heterocycles. The molecule has 0 spiro atoms. The van der Waals surface area contributed by atoms with Crippen LogP contribution < -0.4 is 10.2 Å². The summed E-state index contributed by atoms with van der Waals surface area (Å²) in [7, 11) is 0. The number of amides is 1. The number of rotatable bonds is 8. The summed E-state index contributed by atoms with van der Waals surface area (Å²) < 4.78 is 5.59. The van der Waals surface area contributed by atoms with E-state index in [0.29, 0.717) is 23.8 Å². The van der Waals surface area contributed by atoms with E-state index in [2.05, 4.69) is 24.4 Å². The maximum Gasteiger partial charge on any atom is 0.271 e. The molecule has 0 radical (unpaired) electrons. The van der Waals surface area contributed by atoms with Crippen molar-refractivity contribution in [3.8, 4) is 11.5 Å². The van der Waals surface area contributed by atoms with Crippen LogP contribution in [0.25, 0.3) is 0 Å². The highest BCUT2D eigenvalue weighted by atomic mass is 16.6. The standard InChI is InChI=1S/C19H21N3O5/c1-13(2)9-10-27-17-6-3-14(4-7-17)19(24)21-20-12-15-11-16(22(25)26)5-8-18(15)23/h3-8,11-13,23H,9-10H2,1-2H3,(H,21,24). The zero-order valence-corrected chi connectivity index (χ0v) is 15.1. The summed E-state index contributed by atoms with van der Waals surface area (Å²) in [5.41, 5.74) is 2.63. The molecule has 2 rings (SSSR count). The quantitative estimate of drug-likeness (QED) is 0.419. The molecule has 0 bridgehead atoms. The minimum atomic E-state index is -0.583. The van der Waals surface area contributed by atoms with Crippen molar-refractivity contribution in [3.63, 3.8) is 0 Å². The molecule has 142 valence electrons. The second-order valence-corrected chi connectivity index (χ2v) is 6.25. The summed E-state index contributed by atoms with van der Waals surface area (Å²) >= 11 is 0. The Morgan fingerprint density at radius 2 is 2.00 bits per heavy atom. The van der Waals surface area contributed by atoms with Gasteiger partial charge in [-0.25, -0.2) is 5.43 Å². The van der Waals surface area contributed by atoms with Crippen LogP contribution in [0.15, 0.2) is 47.6 Å². The van der Waals surface area contributed by atoms with E-state index in [-0.39, 0.29) is 17.0 Å². The zero-order valence-electron chi connectivity index (χ0n) is 15.1. The molecule has 0 aliphatic carbocycles. The number of carbonyl (C=O) groups excluding carboxylic acids is 1. The van der Waals surface area contributed by atoms with Gasteiger partial charge in [0.15, 0.2) is 0 Å². The number of non-ortho nitro benzene ring substituents is 1. The number of nitrogens with zero attached hydrogens (tertiary/aromatic N) is 2. The lowest BCUT2D eigenvalue weighted by atomic mass is 10.1. The van der Waals surface area contributed by atoms with Crippen molar-refractivity contribution < 1.29 is 19.6 Å². The Morgan fingerprint density at radius 3 is 2.63 bits per heavy atom. The molecule has 0 saturated heterocycles. The Hall–Kier alpha value is -3.42. The fourth-order valence-electron chi connectivity index (χ4n) is 2.10. The smallest absolute Gasteiger partial charge is 0.271 e. The Morgan fingerprint density at radius 1 is 1.30 bits per heavy atom. The van der Waals surface area contributed by atoms with E-state index in [1.165, 1.54) is 12.1 Å². The maximum atomic E-state index is 12.1. The van der Waals surface area contributed by atoms with Gasteiger partial charge in [0.25, 0.3) is 11.6 Å². The number of phenolic OH excluding ortho intramolecular Hbond substituents is 1. The maximum absolute atomic E-state index is 12.1. The Bertz CT molecular complexity index is 832. The molecule has 2 aromatic carbocycles. The third-order valence-corrected chi connectivity index (χ3v) is 3.67. The van der Waals surface area contributed by atoms with Crippen molar-refractivity contribution >= 4 is 17.8 Å². The minimum absolute atomic E-state index is 0.124. The molecule has 0 atom stereocenters. The van der Waals surface area contributed by atoms with Crippen molar-refractivity contribution in [2.24, 2.45) is 11.0 Å². The summed E-state index contributed by atoms with van der Waals surface area (Å²) in [5, 5.41) is 24.2. The van der Waals surface area contributed by atoms with Crippen LogP contribution in [-0.4, -0.2) is 28.8 Å². The second-order valence-electron chi connectivity index (χ2n) is 6.25. The van der Waals surface area contributed by atoms with Crippen molar-refractivity contribution in [3.05, 3.63) is 63.7 Å². The van der Waals surface area contributed by atoms with Crippen molar-refractivity contribution in [1.29, 1.82) is 0 Å². The lowest BCUT2D eigenvalue weighted by Crippen LogP contribution is -2.17. The highest BCUT2D eigenvalue weighted by molar-refractivity contribution is 5.95. The van der Waals surface area contributed by atoms with Crippen LogP contribution in [0.1, 0.15) is 36.2 Å². The van der Waals surface area contributed by atoms with Crippen molar-refractivity contribution in [2.45, 2.75) is 20.3 Å². The normalized spacial score (nSPS) is 10.9. The predicted octanol–water partition coefficient (Wildman–Crippen LogP) is 3.49. The highest BCUT2D eigenvalue weighted by Gasteiger charge is 2.09. The Kier molecular flexibility index (Phi) is 6.87. The lowest BCUT2D eigenvalue weighted by molar-refractivity contribution is -0.384. The molecule has 0 aliphatic rings. The van der Waals surface area contributed by atoms with Gasteiger partial charge in [0.1, 0.15) is 11.5 Å². The summed E-state index contributed by atoms with van der Waals surface area (Å²) in [6.07, 6.45) is 2.09. The number of aromatic hydroxyl groups is 1. The summed E-state index contributed by atoms with van der Waals surface area (Å²) in [5.74, 6) is 0.599. The predicted molar refractivity (Wildman–Crippen MR) is 101 cm³/mol. The summed E-state index contributed by atoms with van der Waals surface area (Å²) in [6.45, 7) is 4.84. The molecular formula is C19H21N3O5. The van der Waals surface area contributed by atoms with Gasteiger partial charge in [-0.3, -0.25) is 14.9 Å². The number of hydrogen-bond donors (Lipinski definition) is 2.